The lowest BCUT2D eigenvalue weighted by Gasteiger charge is -2.33. The summed E-state index contributed by atoms with van der Waals surface area (Å²) in [7, 11) is 0. The summed E-state index contributed by atoms with van der Waals surface area (Å²) in [4.78, 5) is 14.5. The summed E-state index contributed by atoms with van der Waals surface area (Å²) in [6.45, 7) is 6.22. The smallest absolute Gasteiger partial charge is 0.223 e. The summed E-state index contributed by atoms with van der Waals surface area (Å²) in [5.41, 5.74) is 7.66. The van der Waals surface area contributed by atoms with E-state index in [0.717, 1.165) is 25.2 Å². The van der Waals surface area contributed by atoms with Crippen LogP contribution in [0.3, 0.4) is 0 Å². The molecule has 2 rings (SSSR count). The molecule has 1 aromatic carbocycles. The highest BCUT2D eigenvalue weighted by molar-refractivity contribution is 5.77. The predicted octanol–water partition coefficient (Wildman–Crippen LogP) is 3.41. The number of piperidine rings is 1. The van der Waals surface area contributed by atoms with E-state index in [4.69, 9.17) is 5.73 Å². The number of hydrogen-bond acceptors (Lipinski definition) is 2. The second-order valence-electron chi connectivity index (χ2n) is 6.03. The number of nitrogen functional groups attached to an aromatic ring is 1. The molecule has 0 spiro atoms. The van der Waals surface area contributed by atoms with Gasteiger partial charge >= 0.3 is 0 Å². The highest BCUT2D eigenvalue weighted by Crippen LogP contribution is 2.24. The first-order valence-corrected chi connectivity index (χ1v) is 7.73. The van der Waals surface area contributed by atoms with Gasteiger partial charge in [-0.2, -0.15) is 0 Å². The number of benzene rings is 1. The average molecular weight is 274 g/mol. The zero-order valence-electron chi connectivity index (χ0n) is 12.6. The van der Waals surface area contributed by atoms with Crippen LogP contribution in [0.25, 0.3) is 0 Å². The number of nitrogens with zero attached hydrogens (tertiary/aromatic N) is 1. The first kappa shape index (κ1) is 14.9. The van der Waals surface area contributed by atoms with Crippen molar-refractivity contribution in [1.82, 2.24) is 4.90 Å². The summed E-state index contributed by atoms with van der Waals surface area (Å²) in [6.07, 6.45) is 4.20. The minimum absolute atomic E-state index is 0.255. The van der Waals surface area contributed by atoms with Gasteiger partial charge in [-0.05, 0) is 42.4 Å². The maximum atomic E-state index is 12.4. The number of amides is 1. The molecular weight excluding hydrogens is 248 g/mol. The molecular formula is C17H26N2O. The Hall–Kier alpha value is -1.51. The fourth-order valence-corrected chi connectivity index (χ4v) is 2.96. The summed E-state index contributed by atoms with van der Waals surface area (Å²) in [5, 5.41) is 0. The van der Waals surface area contributed by atoms with Crippen LogP contribution in [-0.4, -0.2) is 23.9 Å². The molecule has 1 amide bonds. The molecule has 1 aromatic rings. The number of likely N-dealkylation sites (tertiary alicyclic amines) is 1. The largest absolute Gasteiger partial charge is 0.399 e. The number of carbonyl (C=O) groups is 1. The van der Waals surface area contributed by atoms with Crippen LogP contribution in [0.5, 0.6) is 0 Å². The van der Waals surface area contributed by atoms with E-state index in [1.807, 2.05) is 24.3 Å². The minimum atomic E-state index is 0.255. The number of carbonyl (C=O) groups excluding carboxylic acids is 1. The number of anilines is 1. The van der Waals surface area contributed by atoms with Crippen LogP contribution < -0.4 is 5.73 Å². The zero-order chi connectivity index (χ0) is 14.5. The highest BCUT2D eigenvalue weighted by Gasteiger charge is 2.23. The summed E-state index contributed by atoms with van der Waals surface area (Å²) >= 11 is 0. The van der Waals surface area contributed by atoms with Gasteiger partial charge < -0.3 is 10.6 Å². The van der Waals surface area contributed by atoms with Crippen molar-refractivity contribution >= 4 is 11.6 Å². The molecule has 1 saturated heterocycles. The van der Waals surface area contributed by atoms with E-state index in [-0.39, 0.29) is 5.92 Å². The van der Waals surface area contributed by atoms with Crippen LogP contribution >= 0.6 is 0 Å². The van der Waals surface area contributed by atoms with Gasteiger partial charge in [-0.3, -0.25) is 4.79 Å². The van der Waals surface area contributed by atoms with Crippen molar-refractivity contribution in [1.29, 1.82) is 0 Å². The van der Waals surface area contributed by atoms with E-state index in [0.29, 0.717) is 18.2 Å². The molecule has 2 N–H and O–H groups in total. The molecule has 0 saturated carbocycles. The Labute approximate surface area is 122 Å². The van der Waals surface area contributed by atoms with E-state index in [1.165, 1.54) is 18.4 Å². The maximum absolute atomic E-state index is 12.4. The quantitative estimate of drug-likeness (QED) is 0.855. The molecule has 110 valence electrons. The second kappa shape index (κ2) is 6.78. The van der Waals surface area contributed by atoms with Crippen LogP contribution in [-0.2, 0) is 4.79 Å². The standard InChI is InChI=1S/C17H26N2O/c1-3-14-5-4-10-19(12-14)17(20)11-13(2)15-6-8-16(18)9-7-15/h6-9,13-14H,3-5,10-12,18H2,1-2H3. The lowest BCUT2D eigenvalue weighted by Crippen LogP contribution is -2.40. The molecule has 0 radical (unpaired) electrons. The predicted molar refractivity (Wildman–Crippen MR) is 83.5 cm³/mol. The van der Waals surface area contributed by atoms with E-state index in [9.17, 15) is 4.79 Å². The molecule has 0 aliphatic carbocycles. The minimum Gasteiger partial charge on any atom is -0.399 e. The third-order valence-electron chi connectivity index (χ3n) is 4.44. The van der Waals surface area contributed by atoms with Crippen molar-refractivity contribution in [3.05, 3.63) is 29.8 Å². The van der Waals surface area contributed by atoms with Crippen LogP contribution in [0.1, 0.15) is 51.0 Å². The molecule has 1 heterocycles. The maximum Gasteiger partial charge on any atom is 0.223 e. The third-order valence-corrected chi connectivity index (χ3v) is 4.44. The molecule has 2 atom stereocenters. The molecule has 2 unspecified atom stereocenters. The van der Waals surface area contributed by atoms with Crippen LogP contribution in [0.15, 0.2) is 24.3 Å². The van der Waals surface area contributed by atoms with E-state index in [1.54, 1.807) is 0 Å². The number of hydrogen-bond donors (Lipinski definition) is 1. The number of nitrogens with two attached hydrogens (primary N) is 1. The Morgan fingerprint density at radius 2 is 2.10 bits per heavy atom. The van der Waals surface area contributed by atoms with Gasteiger partial charge in [0.15, 0.2) is 0 Å². The van der Waals surface area contributed by atoms with E-state index >= 15 is 0 Å². The molecule has 3 nitrogen and oxygen atoms in total. The lowest BCUT2D eigenvalue weighted by atomic mass is 9.93. The van der Waals surface area contributed by atoms with Crippen molar-refractivity contribution in [2.45, 2.75) is 45.4 Å². The fourth-order valence-electron chi connectivity index (χ4n) is 2.96. The van der Waals surface area contributed by atoms with Gasteiger partial charge in [-0.1, -0.05) is 32.4 Å². The molecule has 1 aliphatic rings. The van der Waals surface area contributed by atoms with Crippen LogP contribution in [0.4, 0.5) is 5.69 Å². The van der Waals surface area contributed by atoms with Crippen molar-refractivity contribution < 1.29 is 4.79 Å². The number of rotatable bonds is 4. The van der Waals surface area contributed by atoms with Gasteiger partial charge in [-0.15, -0.1) is 0 Å². The Morgan fingerprint density at radius 3 is 2.75 bits per heavy atom. The van der Waals surface area contributed by atoms with E-state index < -0.39 is 0 Å². The van der Waals surface area contributed by atoms with Crippen molar-refractivity contribution in [2.24, 2.45) is 5.92 Å². The van der Waals surface area contributed by atoms with Crippen molar-refractivity contribution in [3.8, 4) is 0 Å². The van der Waals surface area contributed by atoms with Gasteiger partial charge in [0.1, 0.15) is 0 Å². The van der Waals surface area contributed by atoms with Crippen LogP contribution in [0.2, 0.25) is 0 Å². The summed E-state index contributed by atoms with van der Waals surface area (Å²) in [6, 6.07) is 7.87. The molecule has 20 heavy (non-hydrogen) atoms. The lowest BCUT2D eigenvalue weighted by molar-refractivity contribution is -0.133. The molecule has 0 aromatic heterocycles. The Morgan fingerprint density at radius 1 is 1.40 bits per heavy atom. The highest BCUT2D eigenvalue weighted by atomic mass is 16.2. The summed E-state index contributed by atoms with van der Waals surface area (Å²) < 4.78 is 0. The monoisotopic (exact) mass is 274 g/mol. The average Bonchev–Trinajstić information content (AvgIpc) is 2.47. The Bertz CT molecular complexity index is 441. The normalized spacial score (nSPS) is 20.7. The molecule has 1 fully saturated rings. The van der Waals surface area contributed by atoms with E-state index in [2.05, 4.69) is 18.7 Å². The van der Waals surface area contributed by atoms with Gasteiger partial charge in [0.2, 0.25) is 5.91 Å². The van der Waals surface area contributed by atoms with Crippen LogP contribution in [0, 0.1) is 5.92 Å². The molecule has 1 aliphatic heterocycles. The summed E-state index contributed by atoms with van der Waals surface area (Å²) in [5.74, 6) is 1.25. The fraction of sp³-hybridized carbons (Fsp3) is 0.588. The first-order valence-electron chi connectivity index (χ1n) is 7.73. The van der Waals surface area contributed by atoms with Crippen molar-refractivity contribution in [2.75, 3.05) is 18.8 Å². The van der Waals surface area contributed by atoms with Crippen molar-refractivity contribution in [3.63, 3.8) is 0 Å². The zero-order valence-corrected chi connectivity index (χ0v) is 12.6. The molecule has 3 heteroatoms. The second-order valence-corrected chi connectivity index (χ2v) is 6.03. The topological polar surface area (TPSA) is 46.3 Å². The van der Waals surface area contributed by atoms with Gasteiger partial charge in [0.25, 0.3) is 0 Å². The van der Waals surface area contributed by atoms with Gasteiger partial charge in [0.05, 0.1) is 0 Å². The Kier molecular flexibility index (Phi) is 5.05. The third kappa shape index (κ3) is 3.75. The van der Waals surface area contributed by atoms with Gasteiger partial charge in [0, 0.05) is 25.2 Å². The van der Waals surface area contributed by atoms with Gasteiger partial charge in [-0.25, -0.2) is 0 Å². The molecule has 0 bridgehead atoms. The SMILES string of the molecule is CCC1CCCN(C(=O)CC(C)c2ccc(N)cc2)C1. The Balaban J connectivity index is 1.91. The first-order chi connectivity index (χ1) is 9.60.